The lowest BCUT2D eigenvalue weighted by Gasteiger charge is -2.35. The maximum absolute atomic E-state index is 13.3. The minimum Gasteiger partial charge on any atom is -0.442 e. The molecule has 0 atom stereocenters. The third kappa shape index (κ3) is 2.73. The molecule has 11 heteroatoms. The van der Waals surface area contributed by atoms with Crippen LogP contribution in [-0.2, 0) is 7.05 Å². The Balaban J connectivity index is 1.42. The smallest absolute Gasteiger partial charge is 0.265 e. The van der Waals surface area contributed by atoms with Gasteiger partial charge in [0.25, 0.3) is 17.2 Å². The first-order valence-electron chi connectivity index (χ1n) is 9.60. The van der Waals surface area contributed by atoms with Crippen LogP contribution in [0.2, 0.25) is 0 Å². The predicted molar refractivity (Wildman–Crippen MR) is 108 cm³/mol. The van der Waals surface area contributed by atoms with E-state index in [1.165, 1.54) is 17.2 Å². The van der Waals surface area contributed by atoms with Crippen molar-refractivity contribution in [2.24, 2.45) is 7.05 Å². The molecule has 0 aromatic carbocycles. The van der Waals surface area contributed by atoms with E-state index >= 15 is 0 Å². The van der Waals surface area contributed by atoms with Gasteiger partial charge in [-0.15, -0.1) is 0 Å². The summed E-state index contributed by atoms with van der Waals surface area (Å²) in [5.74, 6) is 1.63. The molecule has 0 unspecified atom stereocenters. The van der Waals surface area contributed by atoms with Gasteiger partial charge in [0.1, 0.15) is 29.6 Å². The van der Waals surface area contributed by atoms with Crippen LogP contribution < -0.4 is 10.5 Å². The number of fused-ring (bicyclic) bond motifs is 2. The number of aryl methyl sites for hydroxylation is 3. The van der Waals surface area contributed by atoms with Crippen molar-refractivity contribution in [1.82, 2.24) is 34.0 Å². The second-order valence-electron chi connectivity index (χ2n) is 7.38. The highest BCUT2D eigenvalue weighted by molar-refractivity contribution is 6.06. The number of rotatable bonds is 2. The van der Waals surface area contributed by atoms with E-state index in [2.05, 4.69) is 25.0 Å². The van der Waals surface area contributed by atoms with Gasteiger partial charge in [-0.1, -0.05) is 0 Å². The highest BCUT2D eigenvalue weighted by atomic mass is 16.3. The maximum Gasteiger partial charge on any atom is 0.265 e. The number of furan rings is 1. The molecular formula is C19H20N8O3. The van der Waals surface area contributed by atoms with E-state index in [1.807, 2.05) is 13.0 Å². The number of amides is 1. The van der Waals surface area contributed by atoms with Crippen molar-refractivity contribution in [2.45, 2.75) is 13.8 Å². The van der Waals surface area contributed by atoms with Crippen LogP contribution >= 0.6 is 0 Å². The fourth-order valence-electron chi connectivity index (χ4n) is 3.88. The standard InChI is InChI=1S/C19H20N8O3/c1-11-8-13(27-19(23-11)20-9-22-27)25-4-6-26(7-5-25)18(29)14-12(2)30-16-15(14)17(28)24(3)10-21-16/h8-10H,4-7H2,1-3H3. The van der Waals surface area contributed by atoms with Gasteiger partial charge in [-0.2, -0.15) is 14.6 Å². The summed E-state index contributed by atoms with van der Waals surface area (Å²) in [6, 6.07) is 1.96. The molecule has 0 bridgehead atoms. The zero-order valence-electron chi connectivity index (χ0n) is 16.9. The fraction of sp³-hybridized carbons (Fsp3) is 0.368. The number of hydrogen-bond donors (Lipinski definition) is 0. The molecule has 11 nitrogen and oxygen atoms in total. The summed E-state index contributed by atoms with van der Waals surface area (Å²) in [6.45, 7) is 5.85. The number of carbonyl (C=O) groups is 1. The molecule has 5 rings (SSSR count). The second-order valence-corrected chi connectivity index (χ2v) is 7.38. The van der Waals surface area contributed by atoms with Gasteiger partial charge >= 0.3 is 0 Å². The molecule has 1 aliphatic heterocycles. The quantitative estimate of drug-likeness (QED) is 0.472. The van der Waals surface area contributed by atoms with E-state index in [1.54, 1.807) is 23.4 Å². The SMILES string of the molecule is Cc1cc(N2CCN(C(=O)c3c(C)oc4ncn(C)c(=O)c34)CC2)n2ncnc2n1. The molecule has 154 valence electrons. The van der Waals surface area contributed by atoms with Crippen LogP contribution in [-0.4, -0.2) is 66.1 Å². The fourth-order valence-corrected chi connectivity index (χ4v) is 3.88. The number of carbonyl (C=O) groups excluding carboxylic acids is 1. The molecule has 5 heterocycles. The number of piperazine rings is 1. The Bertz CT molecular complexity index is 1340. The molecule has 0 N–H and O–H groups in total. The van der Waals surface area contributed by atoms with Crippen molar-refractivity contribution in [1.29, 1.82) is 0 Å². The van der Waals surface area contributed by atoms with E-state index < -0.39 is 0 Å². The van der Waals surface area contributed by atoms with Gasteiger partial charge in [0.2, 0.25) is 5.71 Å². The van der Waals surface area contributed by atoms with Crippen LogP contribution in [0.1, 0.15) is 21.8 Å². The molecule has 1 amide bonds. The Hall–Kier alpha value is -3.76. The molecule has 0 radical (unpaired) electrons. The van der Waals surface area contributed by atoms with Crippen LogP contribution in [0, 0.1) is 13.8 Å². The van der Waals surface area contributed by atoms with Crippen molar-refractivity contribution < 1.29 is 9.21 Å². The van der Waals surface area contributed by atoms with Crippen LogP contribution in [0.3, 0.4) is 0 Å². The molecular weight excluding hydrogens is 388 g/mol. The molecule has 0 aliphatic carbocycles. The maximum atomic E-state index is 13.3. The molecule has 0 saturated carbocycles. The van der Waals surface area contributed by atoms with Crippen molar-refractivity contribution >= 4 is 28.6 Å². The summed E-state index contributed by atoms with van der Waals surface area (Å²) in [7, 11) is 1.60. The second kappa shape index (κ2) is 6.65. The summed E-state index contributed by atoms with van der Waals surface area (Å²) in [5.41, 5.74) is 1.05. The van der Waals surface area contributed by atoms with Gasteiger partial charge < -0.3 is 18.8 Å². The predicted octanol–water partition coefficient (Wildman–Crippen LogP) is 0.543. The number of nitrogens with zero attached hydrogens (tertiary/aromatic N) is 8. The summed E-state index contributed by atoms with van der Waals surface area (Å²) in [5, 5.41) is 4.49. The first kappa shape index (κ1) is 18.3. The topological polar surface area (TPSA) is 115 Å². The van der Waals surface area contributed by atoms with Crippen molar-refractivity contribution in [3.8, 4) is 0 Å². The Kier molecular flexibility index (Phi) is 4.05. The molecule has 4 aromatic rings. The third-order valence-electron chi connectivity index (χ3n) is 5.41. The average molecular weight is 408 g/mol. The Morgan fingerprint density at radius 2 is 1.90 bits per heavy atom. The zero-order valence-corrected chi connectivity index (χ0v) is 16.9. The first-order chi connectivity index (χ1) is 14.4. The number of hydrogen-bond acceptors (Lipinski definition) is 8. The van der Waals surface area contributed by atoms with E-state index in [0.29, 0.717) is 43.3 Å². The lowest BCUT2D eigenvalue weighted by Crippen LogP contribution is -2.49. The van der Waals surface area contributed by atoms with E-state index in [9.17, 15) is 9.59 Å². The van der Waals surface area contributed by atoms with Gasteiger partial charge in [0, 0.05) is 45.0 Å². The highest BCUT2D eigenvalue weighted by Crippen LogP contribution is 2.24. The monoisotopic (exact) mass is 408 g/mol. The third-order valence-corrected chi connectivity index (χ3v) is 5.41. The van der Waals surface area contributed by atoms with E-state index in [0.717, 1.165) is 11.5 Å². The van der Waals surface area contributed by atoms with Crippen LogP contribution in [0.4, 0.5) is 5.82 Å². The van der Waals surface area contributed by atoms with Gasteiger partial charge in [0.05, 0.1) is 5.56 Å². The van der Waals surface area contributed by atoms with Gasteiger partial charge in [0.15, 0.2) is 0 Å². The molecule has 4 aromatic heterocycles. The van der Waals surface area contributed by atoms with Crippen LogP contribution in [0.15, 0.2) is 27.9 Å². The zero-order chi connectivity index (χ0) is 21.0. The van der Waals surface area contributed by atoms with E-state index in [4.69, 9.17) is 4.42 Å². The number of anilines is 1. The minimum atomic E-state index is -0.292. The lowest BCUT2D eigenvalue weighted by atomic mass is 10.1. The Morgan fingerprint density at radius 3 is 2.67 bits per heavy atom. The lowest BCUT2D eigenvalue weighted by molar-refractivity contribution is 0.0746. The Morgan fingerprint density at radius 1 is 1.13 bits per heavy atom. The molecule has 1 fully saturated rings. The summed E-state index contributed by atoms with van der Waals surface area (Å²) < 4.78 is 8.63. The first-order valence-corrected chi connectivity index (χ1v) is 9.60. The van der Waals surface area contributed by atoms with Gasteiger partial charge in [-0.3, -0.25) is 9.59 Å². The summed E-state index contributed by atoms with van der Waals surface area (Å²) in [4.78, 5) is 42.4. The van der Waals surface area contributed by atoms with Crippen LogP contribution in [0.5, 0.6) is 0 Å². The Labute approximate surface area is 170 Å². The normalized spacial score (nSPS) is 14.8. The van der Waals surface area contributed by atoms with E-state index in [-0.39, 0.29) is 22.6 Å². The van der Waals surface area contributed by atoms with Gasteiger partial charge in [-0.25, -0.2) is 9.97 Å². The summed E-state index contributed by atoms with van der Waals surface area (Å²) in [6.07, 6.45) is 2.87. The van der Waals surface area contributed by atoms with Crippen LogP contribution in [0.25, 0.3) is 16.9 Å². The highest BCUT2D eigenvalue weighted by Gasteiger charge is 2.29. The number of aromatic nitrogens is 6. The molecule has 1 aliphatic rings. The minimum absolute atomic E-state index is 0.193. The molecule has 30 heavy (non-hydrogen) atoms. The average Bonchev–Trinajstić information content (AvgIpc) is 3.33. The summed E-state index contributed by atoms with van der Waals surface area (Å²) >= 11 is 0. The van der Waals surface area contributed by atoms with Crippen molar-refractivity contribution in [3.63, 3.8) is 0 Å². The molecule has 1 saturated heterocycles. The van der Waals surface area contributed by atoms with Gasteiger partial charge in [-0.05, 0) is 13.8 Å². The largest absolute Gasteiger partial charge is 0.442 e. The van der Waals surface area contributed by atoms with Crippen molar-refractivity contribution in [3.05, 3.63) is 46.1 Å². The van der Waals surface area contributed by atoms with Crippen molar-refractivity contribution in [2.75, 3.05) is 31.1 Å². The molecule has 0 spiro atoms.